The number of benzene rings is 1. The number of nitrogens with zero attached hydrogens (tertiary/aromatic N) is 3. The summed E-state index contributed by atoms with van der Waals surface area (Å²) in [4.78, 5) is 22.4. The predicted octanol–water partition coefficient (Wildman–Crippen LogP) is 2.86. The molecule has 2 aromatic rings. The summed E-state index contributed by atoms with van der Waals surface area (Å²) in [6.45, 7) is 8.64. The molecule has 0 aliphatic heterocycles. The van der Waals surface area contributed by atoms with Crippen molar-refractivity contribution in [2.24, 2.45) is 0 Å². The van der Waals surface area contributed by atoms with Gasteiger partial charge in [0.15, 0.2) is 0 Å². The van der Waals surface area contributed by atoms with E-state index in [4.69, 9.17) is 4.74 Å². The molecule has 0 bridgehead atoms. The summed E-state index contributed by atoms with van der Waals surface area (Å²) in [6, 6.07) is 6.09. The lowest BCUT2D eigenvalue weighted by atomic mass is 10.1. The van der Waals surface area contributed by atoms with E-state index in [2.05, 4.69) is 16.0 Å². The van der Waals surface area contributed by atoms with E-state index in [1.54, 1.807) is 18.1 Å². The van der Waals surface area contributed by atoms with Crippen molar-refractivity contribution < 1.29 is 9.53 Å². The number of aromatic nitrogens is 2. The first-order valence-electron chi connectivity index (χ1n) is 7.63. The number of likely N-dealkylation sites (N-methyl/N-ethyl adjacent to an activating group) is 1. The molecule has 0 radical (unpaired) electrons. The lowest BCUT2D eigenvalue weighted by Gasteiger charge is -2.18. The van der Waals surface area contributed by atoms with Gasteiger partial charge in [0.25, 0.3) is 5.91 Å². The number of amides is 1. The zero-order valence-corrected chi connectivity index (χ0v) is 14.4. The highest BCUT2D eigenvalue weighted by atomic mass is 16.5. The zero-order chi connectivity index (χ0) is 17.0. The van der Waals surface area contributed by atoms with Crippen molar-refractivity contribution in [3.63, 3.8) is 0 Å². The number of carbonyl (C=O) groups is 1. The van der Waals surface area contributed by atoms with Crippen molar-refractivity contribution in [1.82, 2.24) is 14.9 Å². The van der Waals surface area contributed by atoms with Crippen LogP contribution in [0.15, 0.2) is 24.4 Å². The van der Waals surface area contributed by atoms with Gasteiger partial charge in [0.05, 0.1) is 17.8 Å². The van der Waals surface area contributed by atoms with Crippen molar-refractivity contribution >= 4 is 5.91 Å². The van der Waals surface area contributed by atoms with Crippen LogP contribution in [0.1, 0.15) is 33.0 Å². The third-order valence-electron chi connectivity index (χ3n) is 3.57. The highest BCUT2D eigenvalue weighted by Crippen LogP contribution is 2.16. The molecule has 1 amide bonds. The molecule has 2 rings (SSSR count). The van der Waals surface area contributed by atoms with Gasteiger partial charge < -0.3 is 9.64 Å². The molecule has 122 valence electrons. The first-order chi connectivity index (χ1) is 10.9. The SMILES string of the molecule is Cc1cc(C)cc(OCCN(C)C(=O)c2cnc(C)nc2C)c1. The fourth-order valence-electron chi connectivity index (χ4n) is 2.42. The Hall–Kier alpha value is -2.43. The molecule has 0 saturated heterocycles. The molecular formula is C18H23N3O2. The molecule has 1 heterocycles. The first-order valence-corrected chi connectivity index (χ1v) is 7.63. The average Bonchev–Trinajstić information content (AvgIpc) is 2.45. The molecule has 0 atom stereocenters. The second-order valence-corrected chi connectivity index (χ2v) is 5.81. The molecule has 0 fully saturated rings. The second-order valence-electron chi connectivity index (χ2n) is 5.81. The Bertz CT molecular complexity index is 693. The van der Waals surface area contributed by atoms with Gasteiger partial charge >= 0.3 is 0 Å². The summed E-state index contributed by atoms with van der Waals surface area (Å²) in [6.07, 6.45) is 1.58. The van der Waals surface area contributed by atoms with Gasteiger partial charge in [-0.3, -0.25) is 4.79 Å². The lowest BCUT2D eigenvalue weighted by Crippen LogP contribution is -2.31. The van der Waals surface area contributed by atoms with Crippen molar-refractivity contribution in [2.75, 3.05) is 20.2 Å². The van der Waals surface area contributed by atoms with E-state index in [0.717, 1.165) is 16.9 Å². The minimum absolute atomic E-state index is 0.0912. The quantitative estimate of drug-likeness (QED) is 0.852. The van der Waals surface area contributed by atoms with Crippen molar-refractivity contribution in [3.05, 3.63) is 52.6 Å². The van der Waals surface area contributed by atoms with E-state index in [1.807, 2.05) is 39.8 Å². The number of ether oxygens (including phenoxy) is 1. The average molecular weight is 313 g/mol. The summed E-state index contributed by atoms with van der Waals surface area (Å²) in [5.41, 5.74) is 3.56. The Balaban J connectivity index is 1.93. The highest BCUT2D eigenvalue weighted by molar-refractivity contribution is 5.94. The van der Waals surface area contributed by atoms with Gasteiger partial charge in [-0.25, -0.2) is 9.97 Å². The molecule has 0 aliphatic carbocycles. The van der Waals surface area contributed by atoms with Crippen molar-refractivity contribution in [2.45, 2.75) is 27.7 Å². The molecule has 0 saturated carbocycles. The molecule has 0 aliphatic rings. The lowest BCUT2D eigenvalue weighted by molar-refractivity contribution is 0.0772. The maximum Gasteiger partial charge on any atom is 0.257 e. The van der Waals surface area contributed by atoms with E-state index >= 15 is 0 Å². The zero-order valence-electron chi connectivity index (χ0n) is 14.4. The van der Waals surface area contributed by atoms with Crippen LogP contribution in [0.4, 0.5) is 0 Å². The number of carbonyl (C=O) groups excluding carboxylic acids is 1. The van der Waals surface area contributed by atoms with Crippen LogP contribution in [0, 0.1) is 27.7 Å². The molecule has 0 N–H and O–H groups in total. The Morgan fingerprint density at radius 2 is 1.78 bits per heavy atom. The minimum Gasteiger partial charge on any atom is -0.492 e. The highest BCUT2D eigenvalue weighted by Gasteiger charge is 2.15. The van der Waals surface area contributed by atoms with Gasteiger partial charge in [-0.05, 0) is 51.0 Å². The van der Waals surface area contributed by atoms with Crippen LogP contribution < -0.4 is 4.74 Å². The van der Waals surface area contributed by atoms with Crippen LogP contribution in [-0.2, 0) is 0 Å². The smallest absolute Gasteiger partial charge is 0.257 e. The maximum absolute atomic E-state index is 12.4. The molecule has 1 aromatic heterocycles. The van der Waals surface area contributed by atoms with Gasteiger partial charge in [-0.1, -0.05) is 6.07 Å². The van der Waals surface area contributed by atoms with Gasteiger partial charge in [-0.2, -0.15) is 0 Å². The monoisotopic (exact) mass is 313 g/mol. The molecule has 5 heteroatoms. The predicted molar refractivity (Wildman–Crippen MR) is 89.9 cm³/mol. The van der Waals surface area contributed by atoms with Crippen molar-refractivity contribution in [3.8, 4) is 5.75 Å². The minimum atomic E-state index is -0.0912. The standard InChI is InChI=1S/C18H23N3O2/c1-12-8-13(2)10-16(9-12)23-7-6-21(5)18(22)17-11-19-15(4)20-14(17)3/h8-11H,6-7H2,1-5H3. The van der Waals surface area contributed by atoms with E-state index in [-0.39, 0.29) is 5.91 Å². The van der Waals surface area contributed by atoms with E-state index in [9.17, 15) is 4.79 Å². The topological polar surface area (TPSA) is 55.3 Å². The van der Waals surface area contributed by atoms with Crippen molar-refractivity contribution in [1.29, 1.82) is 0 Å². The normalized spacial score (nSPS) is 10.5. The van der Waals surface area contributed by atoms with Crippen LogP contribution in [0.25, 0.3) is 0 Å². The van der Waals surface area contributed by atoms with Crippen LogP contribution in [0.2, 0.25) is 0 Å². The van der Waals surface area contributed by atoms with E-state index in [1.165, 1.54) is 0 Å². The number of aryl methyl sites for hydroxylation is 4. The molecule has 1 aromatic carbocycles. The maximum atomic E-state index is 12.4. The summed E-state index contributed by atoms with van der Waals surface area (Å²) >= 11 is 0. The fourth-order valence-corrected chi connectivity index (χ4v) is 2.42. The molecule has 5 nitrogen and oxygen atoms in total. The third-order valence-corrected chi connectivity index (χ3v) is 3.57. The van der Waals surface area contributed by atoms with Gasteiger partial charge in [0.2, 0.25) is 0 Å². The Labute approximate surface area is 137 Å². The Kier molecular flexibility index (Phi) is 5.32. The Morgan fingerprint density at radius 3 is 2.39 bits per heavy atom. The summed E-state index contributed by atoms with van der Waals surface area (Å²) in [5.74, 6) is 1.41. The summed E-state index contributed by atoms with van der Waals surface area (Å²) in [5, 5.41) is 0. The summed E-state index contributed by atoms with van der Waals surface area (Å²) < 4.78 is 5.75. The fraction of sp³-hybridized carbons (Fsp3) is 0.389. The number of hydrogen-bond acceptors (Lipinski definition) is 4. The Morgan fingerprint density at radius 1 is 1.13 bits per heavy atom. The van der Waals surface area contributed by atoms with Crippen LogP contribution >= 0.6 is 0 Å². The van der Waals surface area contributed by atoms with Crippen LogP contribution in [-0.4, -0.2) is 41.0 Å². The van der Waals surface area contributed by atoms with Gasteiger partial charge in [-0.15, -0.1) is 0 Å². The van der Waals surface area contributed by atoms with E-state index < -0.39 is 0 Å². The van der Waals surface area contributed by atoms with E-state index in [0.29, 0.717) is 30.2 Å². The molecule has 23 heavy (non-hydrogen) atoms. The third kappa shape index (κ3) is 4.52. The number of hydrogen-bond donors (Lipinski definition) is 0. The molecular weight excluding hydrogens is 290 g/mol. The molecule has 0 unspecified atom stereocenters. The van der Waals surface area contributed by atoms with Gasteiger partial charge in [0, 0.05) is 13.2 Å². The first kappa shape index (κ1) is 16.9. The van der Waals surface area contributed by atoms with Crippen LogP contribution in [0.5, 0.6) is 5.75 Å². The van der Waals surface area contributed by atoms with Gasteiger partial charge in [0.1, 0.15) is 18.2 Å². The number of rotatable bonds is 5. The largest absolute Gasteiger partial charge is 0.492 e. The molecule has 0 spiro atoms. The summed E-state index contributed by atoms with van der Waals surface area (Å²) in [7, 11) is 1.76. The second kappa shape index (κ2) is 7.22. The van der Waals surface area contributed by atoms with Crippen LogP contribution in [0.3, 0.4) is 0 Å².